The zero-order valence-corrected chi connectivity index (χ0v) is 41.7. The molecule has 0 saturated heterocycles. The van der Waals surface area contributed by atoms with Crippen molar-refractivity contribution in [3.8, 4) is 22.6 Å². The molecule has 72 heavy (non-hydrogen) atoms. The van der Waals surface area contributed by atoms with E-state index in [1.807, 2.05) is 0 Å². The van der Waals surface area contributed by atoms with E-state index in [4.69, 9.17) is 8.83 Å². The first-order valence-corrected chi connectivity index (χ1v) is 25.3. The second-order valence-corrected chi connectivity index (χ2v) is 21.7. The van der Waals surface area contributed by atoms with E-state index in [-0.39, 0.29) is 23.5 Å². The van der Waals surface area contributed by atoms with Crippen LogP contribution in [0.15, 0.2) is 227 Å². The Bertz CT molecular complexity index is 3600. The van der Waals surface area contributed by atoms with Crippen LogP contribution in [0.3, 0.4) is 0 Å². The number of benzene rings is 9. The minimum Gasteiger partial charge on any atom is -0.454 e. The average molecular weight is 931 g/mol. The summed E-state index contributed by atoms with van der Waals surface area (Å²) >= 11 is 0. The summed E-state index contributed by atoms with van der Waals surface area (Å²) in [6, 6.07) is 79.9. The summed E-state index contributed by atoms with van der Waals surface area (Å²) < 4.78 is 14.2. The number of nitrogens with zero attached hydrogens (tertiary/aromatic N) is 2. The lowest BCUT2D eigenvalue weighted by Crippen LogP contribution is -2.61. The average Bonchev–Trinajstić information content (AvgIpc) is 3.98. The van der Waals surface area contributed by atoms with Gasteiger partial charge in [0.2, 0.25) is 0 Å². The molecule has 0 atom stereocenters. The van der Waals surface area contributed by atoms with E-state index in [0.717, 1.165) is 78.7 Å². The Morgan fingerprint density at radius 2 is 0.750 bits per heavy atom. The fraction of sp³-hybridized carbons (Fsp3) is 0.134. The molecule has 9 aromatic carbocycles. The molecule has 0 saturated carbocycles. The predicted molar refractivity (Wildman–Crippen MR) is 302 cm³/mol. The van der Waals surface area contributed by atoms with Crippen LogP contribution in [0, 0.1) is 0 Å². The van der Waals surface area contributed by atoms with E-state index in [1.165, 1.54) is 44.2 Å². The van der Waals surface area contributed by atoms with Gasteiger partial charge < -0.3 is 18.6 Å². The molecule has 2 aromatic heterocycles. The molecule has 4 heterocycles. The van der Waals surface area contributed by atoms with Crippen molar-refractivity contribution >= 4 is 79.2 Å². The van der Waals surface area contributed by atoms with Crippen LogP contribution in [0.5, 0.6) is 0 Å². The summed E-state index contributed by atoms with van der Waals surface area (Å²) in [7, 11) is 0. The van der Waals surface area contributed by atoms with Crippen LogP contribution in [0.25, 0.3) is 44.6 Å². The van der Waals surface area contributed by atoms with E-state index in [9.17, 15) is 0 Å². The lowest BCUT2D eigenvalue weighted by molar-refractivity contribution is 0.590. The standard InChI is InChI=1S/C67H55BN2O2/c1-66(2,3)48-35-37-54-52(41-48)68-53-42-49(67(4,5)6)36-38-55(53)70(63-51-32-20-22-34-59(51)72-65(63)46-29-17-10-18-30-46)57-40-47(60(43-23-11-7-12-24-43)44-25-13-8-14-26-44)39-56(61(57)68)69(54)62-50-31-19-21-33-58(50)71-64(62)45-27-15-9-16-28-45/h7-42,60H,1-6H3. The summed E-state index contributed by atoms with van der Waals surface area (Å²) in [6.45, 7) is 13.8. The summed E-state index contributed by atoms with van der Waals surface area (Å²) in [5.74, 6) is 1.56. The molecule has 11 aromatic rings. The van der Waals surface area contributed by atoms with Crippen LogP contribution < -0.4 is 26.2 Å². The zero-order valence-electron chi connectivity index (χ0n) is 41.7. The van der Waals surface area contributed by atoms with Crippen molar-refractivity contribution in [2.75, 3.05) is 9.80 Å². The highest BCUT2D eigenvalue weighted by molar-refractivity contribution is 7.00. The molecule has 0 N–H and O–H groups in total. The minimum atomic E-state index is -0.130. The van der Waals surface area contributed by atoms with Crippen molar-refractivity contribution in [1.82, 2.24) is 0 Å². The van der Waals surface area contributed by atoms with Gasteiger partial charge in [-0.15, -0.1) is 0 Å². The second kappa shape index (κ2) is 16.7. The van der Waals surface area contributed by atoms with Crippen molar-refractivity contribution in [2.24, 2.45) is 0 Å². The van der Waals surface area contributed by atoms with Crippen LogP contribution in [0.2, 0.25) is 0 Å². The number of hydrogen-bond donors (Lipinski definition) is 0. The Labute approximate surface area is 422 Å². The molecule has 0 spiro atoms. The number of rotatable bonds is 7. The Kier molecular flexibility index (Phi) is 10.1. The molecule has 2 aliphatic rings. The van der Waals surface area contributed by atoms with Gasteiger partial charge in [-0.1, -0.05) is 211 Å². The van der Waals surface area contributed by atoms with Crippen molar-refractivity contribution < 1.29 is 8.83 Å². The van der Waals surface area contributed by atoms with Gasteiger partial charge in [0.25, 0.3) is 6.71 Å². The van der Waals surface area contributed by atoms with Gasteiger partial charge in [-0.2, -0.15) is 0 Å². The van der Waals surface area contributed by atoms with E-state index in [0.29, 0.717) is 0 Å². The van der Waals surface area contributed by atoms with E-state index in [2.05, 4.69) is 270 Å². The number of anilines is 6. The number of hydrogen-bond acceptors (Lipinski definition) is 4. The monoisotopic (exact) mass is 930 g/mol. The molecule has 0 unspecified atom stereocenters. The summed E-state index contributed by atoms with van der Waals surface area (Å²) in [5, 5.41) is 2.11. The quantitative estimate of drug-likeness (QED) is 0.118. The fourth-order valence-electron chi connectivity index (χ4n) is 11.6. The van der Waals surface area contributed by atoms with Crippen molar-refractivity contribution in [3.63, 3.8) is 0 Å². The Hall–Kier alpha value is -8.28. The largest absolute Gasteiger partial charge is 0.454 e. The highest BCUT2D eigenvalue weighted by Gasteiger charge is 2.47. The van der Waals surface area contributed by atoms with Gasteiger partial charge in [-0.25, -0.2) is 0 Å². The van der Waals surface area contributed by atoms with Gasteiger partial charge in [0, 0.05) is 50.6 Å². The topological polar surface area (TPSA) is 32.8 Å². The molecule has 13 rings (SSSR count). The maximum absolute atomic E-state index is 7.10. The van der Waals surface area contributed by atoms with Crippen LogP contribution >= 0.6 is 0 Å². The van der Waals surface area contributed by atoms with Crippen LogP contribution in [0.1, 0.15) is 75.3 Å². The van der Waals surface area contributed by atoms with Gasteiger partial charge in [-0.3, -0.25) is 0 Å². The molecule has 5 heteroatoms. The Morgan fingerprint density at radius 1 is 0.375 bits per heavy atom. The van der Waals surface area contributed by atoms with Crippen LogP contribution in [-0.2, 0) is 10.8 Å². The third-order valence-corrected chi connectivity index (χ3v) is 15.1. The number of furan rings is 2. The third kappa shape index (κ3) is 7.05. The molecule has 0 amide bonds. The smallest absolute Gasteiger partial charge is 0.252 e. The first kappa shape index (κ1) is 43.7. The minimum absolute atomic E-state index is 0.102. The predicted octanol–water partition coefficient (Wildman–Crippen LogP) is 16.4. The van der Waals surface area contributed by atoms with E-state index >= 15 is 0 Å². The van der Waals surface area contributed by atoms with Gasteiger partial charge in [0.1, 0.15) is 22.5 Å². The van der Waals surface area contributed by atoms with Gasteiger partial charge >= 0.3 is 0 Å². The molecule has 4 nitrogen and oxygen atoms in total. The highest BCUT2D eigenvalue weighted by Crippen LogP contribution is 2.54. The number of para-hydroxylation sites is 2. The molecule has 2 aliphatic heterocycles. The lowest BCUT2D eigenvalue weighted by Gasteiger charge is -2.45. The molecular formula is C67H55BN2O2. The molecule has 0 radical (unpaired) electrons. The van der Waals surface area contributed by atoms with Gasteiger partial charge in [0.15, 0.2) is 11.5 Å². The van der Waals surface area contributed by atoms with Crippen LogP contribution in [0.4, 0.5) is 34.1 Å². The van der Waals surface area contributed by atoms with Gasteiger partial charge in [0.05, 0.1) is 0 Å². The van der Waals surface area contributed by atoms with E-state index < -0.39 is 0 Å². The molecule has 0 aliphatic carbocycles. The normalized spacial score (nSPS) is 13.2. The first-order chi connectivity index (χ1) is 35.0. The zero-order chi connectivity index (χ0) is 48.9. The third-order valence-electron chi connectivity index (χ3n) is 15.1. The maximum atomic E-state index is 7.10. The van der Waals surface area contributed by atoms with Gasteiger partial charge in [-0.05, 0) is 104 Å². The first-order valence-electron chi connectivity index (χ1n) is 25.3. The Balaban J connectivity index is 1.23. The Morgan fingerprint density at radius 3 is 1.15 bits per heavy atom. The van der Waals surface area contributed by atoms with Crippen molar-refractivity contribution in [2.45, 2.75) is 58.3 Å². The molecular weight excluding hydrogens is 876 g/mol. The molecule has 0 fully saturated rings. The number of fused-ring (bicyclic) bond motifs is 6. The highest BCUT2D eigenvalue weighted by atomic mass is 16.3. The van der Waals surface area contributed by atoms with Crippen LogP contribution in [-0.4, -0.2) is 6.71 Å². The summed E-state index contributed by atoms with van der Waals surface area (Å²) in [4.78, 5) is 5.12. The summed E-state index contributed by atoms with van der Waals surface area (Å²) in [6.07, 6.45) is 0. The second-order valence-electron chi connectivity index (χ2n) is 21.7. The fourth-order valence-corrected chi connectivity index (χ4v) is 11.6. The van der Waals surface area contributed by atoms with E-state index in [1.54, 1.807) is 0 Å². The lowest BCUT2D eigenvalue weighted by atomic mass is 9.33. The molecule has 348 valence electrons. The van der Waals surface area contributed by atoms with Crippen molar-refractivity contribution in [3.05, 3.63) is 246 Å². The maximum Gasteiger partial charge on any atom is 0.252 e. The molecule has 0 bridgehead atoms. The SMILES string of the molecule is CC(C)(C)c1ccc2c(c1)B1c3cc(C(C)(C)C)ccc3N(c3c(-c4ccccc4)oc4ccccc34)c3cc(C(c4ccccc4)c4ccccc4)cc(c31)N2c1c(-c2ccccc2)oc2ccccc12. The van der Waals surface area contributed by atoms with Crippen molar-refractivity contribution in [1.29, 1.82) is 0 Å². The summed E-state index contributed by atoms with van der Waals surface area (Å²) in [5.41, 5.74) is 20.1.